The minimum atomic E-state index is -0.244. The lowest BCUT2D eigenvalue weighted by Crippen LogP contribution is -2.47. The van der Waals surface area contributed by atoms with E-state index in [1.165, 1.54) is 0 Å². The zero-order chi connectivity index (χ0) is 19.5. The Morgan fingerprint density at radius 2 is 1.81 bits per heavy atom. The monoisotopic (exact) mass is 365 g/mol. The molecule has 26 heavy (non-hydrogen) atoms. The second kappa shape index (κ2) is 8.40. The van der Waals surface area contributed by atoms with Gasteiger partial charge < -0.3 is 15.1 Å². The summed E-state index contributed by atoms with van der Waals surface area (Å²) in [7, 11) is 0. The van der Waals surface area contributed by atoms with E-state index in [2.05, 4.69) is 12.2 Å². The van der Waals surface area contributed by atoms with Gasteiger partial charge in [-0.2, -0.15) is 0 Å². The fourth-order valence-corrected chi connectivity index (χ4v) is 4.01. The van der Waals surface area contributed by atoms with E-state index in [1.807, 2.05) is 37.5 Å². The lowest BCUT2D eigenvalue weighted by atomic mass is 9.94. The zero-order valence-corrected chi connectivity index (χ0v) is 17.0. The highest BCUT2D eigenvalue weighted by Gasteiger charge is 2.41. The van der Waals surface area contributed by atoms with Crippen LogP contribution in [0.25, 0.3) is 0 Å². The van der Waals surface area contributed by atoms with E-state index in [9.17, 15) is 14.4 Å². The van der Waals surface area contributed by atoms with Crippen LogP contribution in [-0.4, -0.2) is 58.7 Å². The summed E-state index contributed by atoms with van der Waals surface area (Å²) in [4.78, 5) is 41.0. The average Bonchev–Trinajstić information content (AvgIpc) is 2.96. The molecule has 2 rings (SSSR count). The lowest BCUT2D eigenvalue weighted by molar-refractivity contribution is -0.139. The Bertz CT molecular complexity index is 533. The van der Waals surface area contributed by atoms with Crippen LogP contribution in [0, 0.1) is 11.8 Å². The molecule has 0 aromatic heterocycles. The predicted molar refractivity (Wildman–Crippen MR) is 101 cm³/mol. The molecule has 0 aromatic carbocycles. The highest BCUT2D eigenvalue weighted by Crippen LogP contribution is 2.28. The topological polar surface area (TPSA) is 69.7 Å². The van der Waals surface area contributed by atoms with E-state index < -0.39 is 0 Å². The molecule has 0 saturated carbocycles. The summed E-state index contributed by atoms with van der Waals surface area (Å²) in [6, 6.07) is 0.208. The minimum absolute atomic E-state index is 0.00496. The molecule has 2 saturated heterocycles. The van der Waals surface area contributed by atoms with Gasteiger partial charge in [0.2, 0.25) is 17.7 Å². The van der Waals surface area contributed by atoms with Crippen molar-refractivity contribution in [3.63, 3.8) is 0 Å². The fraction of sp³-hybridized carbons (Fsp3) is 0.850. The molecule has 6 nitrogen and oxygen atoms in total. The van der Waals surface area contributed by atoms with Gasteiger partial charge >= 0.3 is 0 Å². The first-order valence-corrected chi connectivity index (χ1v) is 10.0. The second-order valence-corrected chi connectivity index (χ2v) is 8.87. The number of amides is 3. The second-order valence-electron chi connectivity index (χ2n) is 8.87. The van der Waals surface area contributed by atoms with Gasteiger partial charge in [0, 0.05) is 43.6 Å². The van der Waals surface area contributed by atoms with Crippen LogP contribution < -0.4 is 5.32 Å². The van der Waals surface area contributed by atoms with Crippen molar-refractivity contribution < 1.29 is 14.4 Å². The SMILES string of the molecule is CCCC(C)NC(=O)C1CCN(C(=O)C2CC(=O)N(C(C)(C)C)C2)CC1. The van der Waals surface area contributed by atoms with Crippen molar-refractivity contribution in [2.75, 3.05) is 19.6 Å². The Labute approximate surface area is 157 Å². The Balaban J connectivity index is 1.83. The molecular formula is C20H35N3O3. The van der Waals surface area contributed by atoms with Gasteiger partial charge in [-0.1, -0.05) is 13.3 Å². The third-order valence-corrected chi connectivity index (χ3v) is 5.57. The number of carbonyl (C=O) groups is 3. The van der Waals surface area contributed by atoms with E-state index in [1.54, 1.807) is 0 Å². The number of hydrogen-bond donors (Lipinski definition) is 1. The maximum atomic E-state index is 12.8. The van der Waals surface area contributed by atoms with E-state index in [-0.39, 0.29) is 41.1 Å². The van der Waals surface area contributed by atoms with Gasteiger partial charge in [-0.3, -0.25) is 14.4 Å². The molecule has 0 radical (unpaired) electrons. The van der Waals surface area contributed by atoms with E-state index >= 15 is 0 Å². The molecule has 0 aromatic rings. The molecule has 0 aliphatic carbocycles. The van der Waals surface area contributed by atoms with Gasteiger partial charge in [0.25, 0.3) is 0 Å². The van der Waals surface area contributed by atoms with Crippen LogP contribution in [0.4, 0.5) is 0 Å². The maximum Gasteiger partial charge on any atom is 0.227 e. The smallest absolute Gasteiger partial charge is 0.227 e. The number of rotatable bonds is 5. The molecule has 2 unspecified atom stereocenters. The third-order valence-electron chi connectivity index (χ3n) is 5.57. The molecule has 0 bridgehead atoms. The van der Waals surface area contributed by atoms with Crippen molar-refractivity contribution in [2.45, 2.75) is 78.3 Å². The first-order valence-electron chi connectivity index (χ1n) is 10.0. The van der Waals surface area contributed by atoms with Crippen LogP contribution in [-0.2, 0) is 14.4 Å². The summed E-state index contributed by atoms with van der Waals surface area (Å²) in [6.07, 6.45) is 3.77. The summed E-state index contributed by atoms with van der Waals surface area (Å²) >= 11 is 0. The third kappa shape index (κ3) is 4.98. The molecule has 0 spiro atoms. The molecular weight excluding hydrogens is 330 g/mol. The molecule has 6 heteroatoms. The van der Waals surface area contributed by atoms with Crippen LogP contribution in [0.2, 0.25) is 0 Å². The van der Waals surface area contributed by atoms with Crippen LogP contribution in [0.1, 0.15) is 66.7 Å². The van der Waals surface area contributed by atoms with Crippen LogP contribution >= 0.6 is 0 Å². The normalized spacial score (nSPS) is 23.3. The molecule has 2 heterocycles. The van der Waals surface area contributed by atoms with Gasteiger partial charge in [-0.05, 0) is 47.0 Å². The van der Waals surface area contributed by atoms with Crippen molar-refractivity contribution >= 4 is 17.7 Å². The largest absolute Gasteiger partial charge is 0.353 e. The van der Waals surface area contributed by atoms with Crippen LogP contribution in [0.3, 0.4) is 0 Å². The standard InChI is InChI=1S/C20H35N3O3/c1-6-7-14(2)21-18(25)15-8-10-22(11-9-15)19(26)16-12-17(24)23(13-16)20(3,4)5/h14-16H,6-13H2,1-5H3,(H,21,25). The molecule has 1 N–H and O–H groups in total. The van der Waals surface area contributed by atoms with Gasteiger partial charge in [-0.15, -0.1) is 0 Å². The van der Waals surface area contributed by atoms with Gasteiger partial charge in [-0.25, -0.2) is 0 Å². The lowest BCUT2D eigenvalue weighted by Gasteiger charge is -2.34. The molecule has 2 atom stereocenters. The van der Waals surface area contributed by atoms with Crippen molar-refractivity contribution in [2.24, 2.45) is 11.8 Å². The highest BCUT2D eigenvalue weighted by molar-refractivity contribution is 5.90. The predicted octanol–water partition coefficient (Wildman–Crippen LogP) is 2.18. The first kappa shape index (κ1) is 20.7. The summed E-state index contributed by atoms with van der Waals surface area (Å²) < 4.78 is 0. The number of hydrogen-bond acceptors (Lipinski definition) is 3. The summed E-state index contributed by atoms with van der Waals surface area (Å²) in [6.45, 7) is 11.9. The molecule has 2 aliphatic rings. The quantitative estimate of drug-likeness (QED) is 0.812. The Morgan fingerprint density at radius 1 is 1.19 bits per heavy atom. The summed E-state index contributed by atoms with van der Waals surface area (Å²) in [5.41, 5.74) is -0.244. The van der Waals surface area contributed by atoms with Gasteiger partial charge in [0.15, 0.2) is 0 Å². The van der Waals surface area contributed by atoms with Crippen molar-refractivity contribution in [1.29, 1.82) is 0 Å². The number of piperidine rings is 1. The molecule has 2 aliphatic heterocycles. The summed E-state index contributed by atoms with van der Waals surface area (Å²) in [5, 5.41) is 3.08. The molecule has 2 fully saturated rings. The number of nitrogens with one attached hydrogen (secondary N) is 1. The van der Waals surface area contributed by atoms with Gasteiger partial charge in [0.1, 0.15) is 0 Å². The zero-order valence-electron chi connectivity index (χ0n) is 17.0. The fourth-order valence-electron chi connectivity index (χ4n) is 4.01. The first-order chi connectivity index (χ1) is 12.1. The van der Waals surface area contributed by atoms with E-state index in [4.69, 9.17) is 0 Å². The number of nitrogens with zero attached hydrogens (tertiary/aromatic N) is 2. The average molecular weight is 366 g/mol. The van der Waals surface area contributed by atoms with E-state index in [0.29, 0.717) is 38.9 Å². The van der Waals surface area contributed by atoms with Crippen LogP contribution in [0.15, 0.2) is 0 Å². The Morgan fingerprint density at radius 3 is 2.31 bits per heavy atom. The molecule has 3 amide bonds. The van der Waals surface area contributed by atoms with E-state index in [0.717, 1.165) is 12.8 Å². The minimum Gasteiger partial charge on any atom is -0.353 e. The molecule has 148 valence electrons. The highest BCUT2D eigenvalue weighted by atomic mass is 16.2. The van der Waals surface area contributed by atoms with Crippen molar-refractivity contribution in [3.05, 3.63) is 0 Å². The van der Waals surface area contributed by atoms with Crippen LogP contribution in [0.5, 0.6) is 0 Å². The number of likely N-dealkylation sites (tertiary alicyclic amines) is 2. The number of carbonyl (C=O) groups excluding carboxylic acids is 3. The Hall–Kier alpha value is -1.59. The maximum absolute atomic E-state index is 12.8. The van der Waals surface area contributed by atoms with Crippen molar-refractivity contribution in [1.82, 2.24) is 15.1 Å². The van der Waals surface area contributed by atoms with Crippen molar-refractivity contribution in [3.8, 4) is 0 Å². The Kier molecular flexibility index (Phi) is 6.69. The summed E-state index contributed by atoms with van der Waals surface area (Å²) in [5.74, 6) is 0.0117. The van der Waals surface area contributed by atoms with Gasteiger partial charge in [0.05, 0.1) is 5.92 Å².